The molecule has 0 aromatic heterocycles. The molecule has 2 aliphatic rings. The first-order chi connectivity index (χ1) is 12.1. The molecule has 2 aromatic rings. The van der Waals surface area contributed by atoms with E-state index in [1.807, 2.05) is 42.5 Å². The molecule has 2 aromatic carbocycles. The Labute approximate surface area is 155 Å². The van der Waals surface area contributed by atoms with E-state index < -0.39 is 0 Å². The van der Waals surface area contributed by atoms with E-state index in [9.17, 15) is 9.59 Å². The number of Topliss-reactive ketones (excluding diaryl/α,β-unsaturated/α-hetero) is 1. The Hall–Kier alpha value is -2.20. The van der Waals surface area contributed by atoms with Crippen LogP contribution in [0, 0.1) is 0 Å². The molecule has 0 fully saturated rings. The molecule has 1 heterocycles. The summed E-state index contributed by atoms with van der Waals surface area (Å²) in [5.41, 5.74) is 3.79. The smallest absolute Gasteiger partial charge is 0.225 e. The molecule has 1 amide bonds. The number of rotatable bonds is 2. The highest BCUT2D eigenvalue weighted by molar-refractivity contribution is 9.10. The van der Waals surface area contributed by atoms with Gasteiger partial charge in [-0.05, 0) is 35.6 Å². The summed E-state index contributed by atoms with van der Waals surface area (Å²) in [6.07, 6.45) is 1.55. The van der Waals surface area contributed by atoms with Crippen molar-refractivity contribution in [3.8, 4) is 0 Å². The molecule has 4 rings (SSSR count). The minimum absolute atomic E-state index is 0.00631. The van der Waals surface area contributed by atoms with E-state index in [0.717, 1.165) is 26.9 Å². The second-order valence-corrected chi connectivity index (χ2v) is 7.60. The van der Waals surface area contributed by atoms with Crippen LogP contribution in [0.3, 0.4) is 0 Å². The van der Waals surface area contributed by atoms with Crippen LogP contribution in [-0.4, -0.2) is 11.7 Å². The fourth-order valence-electron chi connectivity index (χ4n) is 3.90. The average molecular weight is 396 g/mol. The molecule has 0 radical (unpaired) electrons. The second kappa shape index (κ2) is 6.60. The number of hydrogen-bond donors (Lipinski definition) is 1. The van der Waals surface area contributed by atoms with Crippen LogP contribution in [0.2, 0.25) is 0 Å². The van der Waals surface area contributed by atoms with E-state index in [4.69, 9.17) is 0 Å². The molecule has 2 unspecified atom stereocenters. The highest BCUT2D eigenvalue weighted by Gasteiger charge is 2.38. The zero-order chi connectivity index (χ0) is 17.4. The molecule has 0 spiro atoms. The summed E-state index contributed by atoms with van der Waals surface area (Å²) in [5, 5.41) is 2.97. The highest BCUT2D eigenvalue weighted by Crippen LogP contribution is 2.42. The van der Waals surface area contributed by atoms with Crippen molar-refractivity contribution in [1.29, 1.82) is 0 Å². The van der Waals surface area contributed by atoms with Crippen molar-refractivity contribution in [1.82, 2.24) is 5.32 Å². The Balaban J connectivity index is 1.71. The van der Waals surface area contributed by atoms with E-state index in [0.29, 0.717) is 19.3 Å². The van der Waals surface area contributed by atoms with Crippen LogP contribution < -0.4 is 5.32 Å². The van der Waals surface area contributed by atoms with Gasteiger partial charge in [0.15, 0.2) is 5.78 Å². The Morgan fingerprint density at radius 3 is 2.28 bits per heavy atom. The molecular formula is C21H18BrNO2. The van der Waals surface area contributed by atoms with Crippen LogP contribution in [0.15, 0.2) is 70.3 Å². The minimum Gasteiger partial charge on any atom is -0.329 e. The van der Waals surface area contributed by atoms with Gasteiger partial charge in [-0.2, -0.15) is 0 Å². The maximum absolute atomic E-state index is 13.0. The van der Waals surface area contributed by atoms with E-state index in [1.54, 1.807) is 0 Å². The number of allylic oxidation sites excluding steroid dienone is 2. The van der Waals surface area contributed by atoms with Gasteiger partial charge in [-0.3, -0.25) is 9.59 Å². The third-order valence-corrected chi connectivity index (χ3v) is 5.61. The summed E-state index contributed by atoms with van der Waals surface area (Å²) in [6.45, 7) is 0. The van der Waals surface area contributed by atoms with Crippen molar-refractivity contribution < 1.29 is 9.59 Å². The van der Waals surface area contributed by atoms with Gasteiger partial charge >= 0.3 is 0 Å². The maximum Gasteiger partial charge on any atom is 0.225 e. The Bertz CT molecular complexity index is 855. The van der Waals surface area contributed by atoms with Crippen LogP contribution >= 0.6 is 15.9 Å². The third kappa shape index (κ3) is 3.19. The maximum atomic E-state index is 13.0. The summed E-state index contributed by atoms with van der Waals surface area (Å²) in [5.74, 6) is 0.147. The van der Waals surface area contributed by atoms with Gasteiger partial charge < -0.3 is 5.32 Å². The first-order valence-corrected chi connectivity index (χ1v) is 9.27. The summed E-state index contributed by atoms with van der Waals surface area (Å²) in [4.78, 5) is 25.2. The van der Waals surface area contributed by atoms with Gasteiger partial charge in [0.2, 0.25) is 5.91 Å². The number of amides is 1. The number of ketones is 1. The van der Waals surface area contributed by atoms with Crippen molar-refractivity contribution in [3.63, 3.8) is 0 Å². The van der Waals surface area contributed by atoms with E-state index in [2.05, 4.69) is 33.4 Å². The van der Waals surface area contributed by atoms with Gasteiger partial charge in [0.25, 0.3) is 0 Å². The van der Waals surface area contributed by atoms with Gasteiger partial charge in [-0.15, -0.1) is 0 Å². The van der Waals surface area contributed by atoms with E-state index in [1.165, 1.54) is 0 Å². The van der Waals surface area contributed by atoms with Crippen molar-refractivity contribution in [2.45, 2.75) is 31.1 Å². The van der Waals surface area contributed by atoms with Gasteiger partial charge in [0.1, 0.15) is 0 Å². The molecule has 2 atom stereocenters. The number of nitrogens with one attached hydrogen (secondary N) is 1. The number of halogens is 1. The molecule has 0 bridgehead atoms. The normalized spacial score (nSPS) is 23.2. The first kappa shape index (κ1) is 16.3. The first-order valence-electron chi connectivity index (χ1n) is 8.48. The van der Waals surface area contributed by atoms with Crippen molar-refractivity contribution >= 4 is 27.6 Å². The quantitative estimate of drug-likeness (QED) is 0.815. The molecule has 3 nitrogen and oxygen atoms in total. The second-order valence-electron chi connectivity index (χ2n) is 6.69. The molecule has 1 aliphatic carbocycles. The number of carbonyl (C=O) groups is 2. The summed E-state index contributed by atoms with van der Waals surface area (Å²) in [7, 11) is 0. The number of carbonyl (C=O) groups excluding carboxylic acids is 2. The summed E-state index contributed by atoms with van der Waals surface area (Å²) in [6, 6.07) is 18.0. The van der Waals surface area contributed by atoms with Crippen LogP contribution in [0.4, 0.5) is 0 Å². The zero-order valence-electron chi connectivity index (χ0n) is 13.7. The molecule has 4 heteroatoms. The average Bonchev–Trinajstić information content (AvgIpc) is 2.62. The predicted molar refractivity (Wildman–Crippen MR) is 100 cm³/mol. The summed E-state index contributed by atoms with van der Waals surface area (Å²) >= 11 is 3.44. The standard InChI is InChI=1S/C21H18BrNO2/c22-16-8-6-14(7-9-16)17-12-20(25)23-18-10-15(11-19(24)21(17)18)13-4-2-1-3-5-13/h1-9,15,17H,10-12H2,(H,23,25). The van der Waals surface area contributed by atoms with Crippen LogP contribution in [0.5, 0.6) is 0 Å². The summed E-state index contributed by atoms with van der Waals surface area (Å²) < 4.78 is 0.991. The van der Waals surface area contributed by atoms with E-state index in [-0.39, 0.29) is 23.5 Å². The van der Waals surface area contributed by atoms with Crippen molar-refractivity contribution in [2.24, 2.45) is 0 Å². The molecule has 0 saturated heterocycles. The Morgan fingerprint density at radius 2 is 1.56 bits per heavy atom. The van der Waals surface area contributed by atoms with Crippen LogP contribution in [0.25, 0.3) is 0 Å². The molecule has 25 heavy (non-hydrogen) atoms. The molecule has 1 aliphatic heterocycles. The van der Waals surface area contributed by atoms with Crippen molar-refractivity contribution in [2.75, 3.05) is 0 Å². The van der Waals surface area contributed by atoms with E-state index >= 15 is 0 Å². The largest absolute Gasteiger partial charge is 0.329 e. The van der Waals surface area contributed by atoms with Gasteiger partial charge in [-0.25, -0.2) is 0 Å². The fourth-order valence-corrected chi connectivity index (χ4v) is 4.17. The predicted octanol–water partition coefficient (Wildman–Crippen LogP) is 4.45. The molecular weight excluding hydrogens is 378 g/mol. The van der Waals surface area contributed by atoms with Gasteiger partial charge in [-0.1, -0.05) is 58.4 Å². The molecule has 126 valence electrons. The van der Waals surface area contributed by atoms with Crippen LogP contribution in [-0.2, 0) is 9.59 Å². The number of hydrogen-bond acceptors (Lipinski definition) is 2. The van der Waals surface area contributed by atoms with Crippen LogP contribution in [0.1, 0.15) is 42.2 Å². The third-order valence-electron chi connectivity index (χ3n) is 5.08. The highest BCUT2D eigenvalue weighted by atomic mass is 79.9. The number of benzene rings is 2. The molecule has 0 saturated carbocycles. The van der Waals surface area contributed by atoms with Crippen molar-refractivity contribution in [3.05, 3.63) is 81.5 Å². The topological polar surface area (TPSA) is 46.2 Å². The lowest BCUT2D eigenvalue weighted by molar-refractivity contribution is -0.122. The Kier molecular flexibility index (Phi) is 4.30. The van der Waals surface area contributed by atoms with Gasteiger partial charge in [0, 0.05) is 34.5 Å². The fraction of sp³-hybridized carbons (Fsp3) is 0.238. The monoisotopic (exact) mass is 395 g/mol. The van der Waals surface area contributed by atoms with Gasteiger partial charge in [0.05, 0.1) is 0 Å². The lowest BCUT2D eigenvalue weighted by Gasteiger charge is -2.34. The minimum atomic E-state index is -0.138. The SMILES string of the molecule is O=C1CC(c2ccc(Br)cc2)C2=C(CC(c3ccccc3)CC2=O)N1. The molecule has 1 N–H and O–H groups in total. The lowest BCUT2D eigenvalue weighted by atomic mass is 9.73. The zero-order valence-corrected chi connectivity index (χ0v) is 15.3. The lowest BCUT2D eigenvalue weighted by Crippen LogP contribution is -2.38. The Morgan fingerprint density at radius 1 is 0.840 bits per heavy atom.